The van der Waals surface area contributed by atoms with Crippen molar-refractivity contribution < 1.29 is 37.0 Å². The van der Waals surface area contributed by atoms with Crippen molar-refractivity contribution in [3.05, 3.63) is 86.8 Å². The van der Waals surface area contributed by atoms with Crippen LogP contribution in [-0.2, 0) is 6.54 Å². The van der Waals surface area contributed by atoms with Crippen LogP contribution in [0.3, 0.4) is 0 Å². The number of anilines is 1. The molecule has 0 spiro atoms. The van der Waals surface area contributed by atoms with Crippen LogP contribution in [-0.4, -0.2) is 34.6 Å². The number of aromatic hydroxyl groups is 1. The van der Waals surface area contributed by atoms with E-state index in [2.05, 4.69) is 5.32 Å². The van der Waals surface area contributed by atoms with Crippen LogP contribution in [0, 0.1) is 23.3 Å². The first-order valence-corrected chi connectivity index (χ1v) is 10.3. The van der Waals surface area contributed by atoms with E-state index >= 15 is 0 Å². The summed E-state index contributed by atoms with van der Waals surface area (Å²) in [4.78, 5) is 39.6. The topological polar surface area (TPSA) is 101 Å². The lowest BCUT2D eigenvalue weighted by Crippen LogP contribution is -2.45. The molecule has 5 rings (SSSR count). The van der Waals surface area contributed by atoms with Crippen LogP contribution in [0.4, 0.5) is 23.2 Å². The summed E-state index contributed by atoms with van der Waals surface area (Å²) < 4.78 is 61.2. The van der Waals surface area contributed by atoms with Gasteiger partial charge in [-0.3, -0.25) is 14.4 Å². The summed E-state index contributed by atoms with van der Waals surface area (Å²) in [5, 5.41) is 12.9. The smallest absolute Gasteiger partial charge is 0.279 e. The van der Waals surface area contributed by atoms with Crippen molar-refractivity contribution in [1.82, 2.24) is 9.88 Å². The Hall–Kier alpha value is -4.35. The van der Waals surface area contributed by atoms with E-state index in [1.54, 1.807) is 0 Å². The second kappa shape index (κ2) is 8.15. The van der Waals surface area contributed by atoms with Crippen molar-refractivity contribution >= 4 is 17.5 Å². The predicted octanol–water partition coefficient (Wildman–Crippen LogP) is 2.63. The normalized spacial score (nSPS) is 16.2. The second-order valence-corrected chi connectivity index (χ2v) is 8.01. The number of hydrogen-bond donors (Lipinski definition) is 2. The SMILES string of the molecule is O=C(NCc1ccc(F)cc1F)c1cn2c(c(O)c1=O)C(=O)N1C[C@@H]2COc2cc(F)c(F)cc21. The molecule has 2 aliphatic rings. The zero-order chi connectivity index (χ0) is 25.0. The zero-order valence-corrected chi connectivity index (χ0v) is 17.6. The second-order valence-electron chi connectivity index (χ2n) is 8.01. The van der Waals surface area contributed by atoms with Gasteiger partial charge in [-0.25, -0.2) is 17.6 Å². The molecule has 2 bridgehead atoms. The summed E-state index contributed by atoms with van der Waals surface area (Å²) >= 11 is 0. The number of nitrogens with zero attached hydrogens (tertiary/aromatic N) is 2. The van der Waals surface area contributed by atoms with Gasteiger partial charge >= 0.3 is 0 Å². The Bertz CT molecular complexity index is 1470. The van der Waals surface area contributed by atoms with E-state index in [-0.39, 0.29) is 36.7 Å². The Balaban J connectivity index is 1.50. The largest absolute Gasteiger partial charge is 0.503 e. The van der Waals surface area contributed by atoms with Crippen molar-refractivity contribution in [2.75, 3.05) is 18.1 Å². The quantitative estimate of drug-likeness (QED) is 0.551. The average molecular weight is 489 g/mol. The van der Waals surface area contributed by atoms with Crippen molar-refractivity contribution in [3.63, 3.8) is 0 Å². The van der Waals surface area contributed by atoms with Gasteiger partial charge in [0.2, 0.25) is 5.43 Å². The molecule has 180 valence electrons. The van der Waals surface area contributed by atoms with Gasteiger partial charge in [-0.15, -0.1) is 0 Å². The van der Waals surface area contributed by atoms with Crippen LogP contribution in [0.5, 0.6) is 11.5 Å². The molecule has 0 radical (unpaired) electrons. The molecule has 0 saturated heterocycles. The molecule has 0 saturated carbocycles. The number of amides is 2. The summed E-state index contributed by atoms with van der Waals surface area (Å²) in [6.45, 7) is -0.605. The Kier molecular flexibility index (Phi) is 5.23. The standard InChI is InChI=1S/C23H15F4N3O5/c24-11-2-1-10(14(25)3-11)6-28-22(33)13-8-29-12-7-30(23(34)19(29)21(32)20(13)31)17-4-15(26)16(27)5-18(17)35-9-12/h1-5,8,12,32H,6-7,9H2,(H,28,33)/t12-/m1/s1. The number of rotatable bonds is 3. The van der Waals surface area contributed by atoms with Crippen LogP contribution in [0.2, 0.25) is 0 Å². The molecular formula is C23H15F4N3O5. The number of ether oxygens (including phenoxy) is 1. The first kappa shape index (κ1) is 22.4. The van der Waals surface area contributed by atoms with E-state index in [1.165, 1.54) is 4.57 Å². The summed E-state index contributed by atoms with van der Waals surface area (Å²) in [6, 6.07) is 3.62. The first-order chi connectivity index (χ1) is 16.7. The van der Waals surface area contributed by atoms with Crippen LogP contribution in [0.25, 0.3) is 0 Å². The van der Waals surface area contributed by atoms with Gasteiger partial charge in [0.15, 0.2) is 23.1 Å². The van der Waals surface area contributed by atoms with E-state index in [0.29, 0.717) is 6.07 Å². The van der Waals surface area contributed by atoms with Crippen molar-refractivity contribution in [2.45, 2.75) is 12.6 Å². The van der Waals surface area contributed by atoms with E-state index in [0.717, 1.165) is 35.4 Å². The number of carbonyl (C=O) groups excluding carboxylic acids is 2. The highest BCUT2D eigenvalue weighted by molar-refractivity contribution is 6.09. The van der Waals surface area contributed by atoms with Gasteiger partial charge in [0.25, 0.3) is 11.8 Å². The third kappa shape index (κ3) is 3.66. The maximum Gasteiger partial charge on any atom is 0.279 e. The molecule has 0 fully saturated rings. The minimum absolute atomic E-state index is 0.0396. The molecule has 0 unspecified atom stereocenters. The number of pyridine rings is 1. The van der Waals surface area contributed by atoms with Gasteiger partial charge in [0.05, 0.1) is 18.3 Å². The highest BCUT2D eigenvalue weighted by atomic mass is 19.2. The lowest BCUT2D eigenvalue weighted by molar-refractivity contribution is 0.0926. The number of benzene rings is 2. The molecular weight excluding hydrogens is 474 g/mol. The third-order valence-electron chi connectivity index (χ3n) is 5.87. The molecule has 12 heteroatoms. The van der Waals surface area contributed by atoms with Gasteiger partial charge < -0.3 is 24.6 Å². The molecule has 0 aliphatic carbocycles. The molecule has 8 nitrogen and oxygen atoms in total. The van der Waals surface area contributed by atoms with Gasteiger partial charge in [0.1, 0.15) is 29.6 Å². The molecule has 2 amide bonds. The number of fused-ring (bicyclic) bond motifs is 6. The Morgan fingerprint density at radius 2 is 1.83 bits per heavy atom. The monoisotopic (exact) mass is 489 g/mol. The number of nitrogens with one attached hydrogen (secondary N) is 1. The Labute approximate surface area is 194 Å². The van der Waals surface area contributed by atoms with Crippen molar-refractivity contribution in [2.24, 2.45) is 0 Å². The first-order valence-electron chi connectivity index (χ1n) is 10.3. The maximum atomic E-state index is 13.9. The third-order valence-corrected chi connectivity index (χ3v) is 5.87. The number of carbonyl (C=O) groups is 2. The molecule has 1 aromatic heterocycles. The van der Waals surface area contributed by atoms with Crippen LogP contribution in [0.15, 0.2) is 41.3 Å². The lowest BCUT2D eigenvalue weighted by atomic mass is 10.1. The molecule has 1 atom stereocenters. The fourth-order valence-electron chi connectivity index (χ4n) is 4.10. The molecule has 3 heterocycles. The molecule has 2 aliphatic heterocycles. The summed E-state index contributed by atoms with van der Waals surface area (Å²) in [5.74, 6) is -7.06. The molecule has 2 N–H and O–H groups in total. The summed E-state index contributed by atoms with van der Waals surface area (Å²) in [7, 11) is 0. The van der Waals surface area contributed by atoms with Crippen LogP contribution >= 0.6 is 0 Å². The lowest BCUT2D eigenvalue weighted by Gasteiger charge is -2.33. The van der Waals surface area contributed by atoms with E-state index < -0.39 is 63.6 Å². The van der Waals surface area contributed by atoms with Gasteiger partial charge in [-0.2, -0.15) is 0 Å². The zero-order valence-electron chi connectivity index (χ0n) is 17.6. The van der Waals surface area contributed by atoms with Crippen molar-refractivity contribution in [3.8, 4) is 11.5 Å². The van der Waals surface area contributed by atoms with Gasteiger partial charge in [-0.05, 0) is 6.07 Å². The Morgan fingerprint density at radius 1 is 1.09 bits per heavy atom. The van der Waals surface area contributed by atoms with E-state index in [1.807, 2.05) is 0 Å². The minimum Gasteiger partial charge on any atom is -0.503 e. The molecule has 35 heavy (non-hydrogen) atoms. The summed E-state index contributed by atoms with van der Waals surface area (Å²) in [6.07, 6.45) is 1.06. The van der Waals surface area contributed by atoms with Crippen molar-refractivity contribution in [1.29, 1.82) is 0 Å². The highest BCUT2D eigenvalue weighted by Gasteiger charge is 2.39. The molecule has 2 aromatic carbocycles. The van der Waals surface area contributed by atoms with Crippen LogP contribution in [0.1, 0.15) is 32.5 Å². The van der Waals surface area contributed by atoms with E-state index in [4.69, 9.17) is 4.74 Å². The number of aromatic nitrogens is 1. The Morgan fingerprint density at radius 3 is 2.57 bits per heavy atom. The summed E-state index contributed by atoms with van der Waals surface area (Å²) in [5.41, 5.74) is -2.25. The van der Waals surface area contributed by atoms with Gasteiger partial charge in [-0.1, -0.05) is 6.07 Å². The highest BCUT2D eigenvalue weighted by Crippen LogP contribution is 2.39. The van der Waals surface area contributed by atoms with Gasteiger partial charge in [0, 0.05) is 36.5 Å². The maximum absolute atomic E-state index is 13.9. The molecule has 3 aromatic rings. The van der Waals surface area contributed by atoms with Crippen LogP contribution < -0.4 is 20.4 Å². The fourth-order valence-corrected chi connectivity index (χ4v) is 4.10. The number of hydrogen-bond acceptors (Lipinski definition) is 5. The number of halogens is 4. The predicted molar refractivity (Wildman–Crippen MR) is 112 cm³/mol. The fraction of sp³-hybridized carbons (Fsp3) is 0.174. The minimum atomic E-state index is -1.21. The average Bonchev–Trinajstić information content (AvgIpc) is 2.97. The van der Waals surface area contributed by atoms with E-state index in [9.17, 15) is 37.1 Å².